The maximum absolute atomic E-state index is 14.0. The number of carbonyl (C=O) groups is 1. The highest BCUT2D eigenvalue weighted by molar-refractivity contribution is 7.13. The van der Waals surface area contributed by atoms with Gasteiger partial charge in [0.1, 0.15) is 5.02 Å². The summed E-state index contributed by atoms with van der Waals surface area (Å²) >= 11 is 7.78. The zero-order valence-corrected chi connectivity index (χ0v) is 21.7. The molecule has 1 saturated heterocycles. The Kier molecular flexibility index (Phi) is 5.44. The van der Waals surface area contributed by atoms with Crippen molar-refractivity contribution in [3.05, 3.63) is 40.0 Å². The quantitative estimate of drug-likeness (QED) is 0.411. The minimum absolute atomic E-state index is 0.141. The highest BCUT2D eigenvalue weighted by Crippen LogP contribution is 2.57. The Labute approximate surface area is 221 Å². The van der Waals surface area contributed by atoms with E-state index in [0.717, 1.165) is 36.9 Å². The van der Waals surface area contributed by atoms with Crippen molar-refractivity contribution < 1.29 is 18.0 Å². The van der Waals surface area contributed by atoms with Crippen molar-refractivity contribution in [3.63, 3.8) is 0 Å². The number of thiophene rings is 1. The molecule has 5 fully saturated rings. The number of nitrogens with zero attached hydrogens (tertiary/aromatic N) is 5. The number of piperazine rings is 1. The van der Waals surface area contributed by atoms with Gasteiger partial charge < -0.3 is 4.90 Å². The molecule has 1 amide bonds. The number of fused-ring (bicyclic) bond motifs is 1. The molecule has 0 aromatic carbocycles. The van der Waals surface area contributed by atoms with Gasteiger partial charge in [0, 0.05) is 31.7 Å². The zero-order valence-electron chi connectivity index (χ0n) is 20.2. The van der Waals surface area contributed by atoms with E-state index in [1.807, 2.05) is 0 Å². The van der Waals surface area contributed by atoms with E-state index >= 15 is 0 Å². The van der Waals surface area contributed by atoms with Gasteiger partial charge in [-0.2, -0.15) is 18.3 Å². The lowest BCUT2D eigenvalue weighted by atomic mass is 9.52. The molecule has 6 nitrogen and oxygen atoms in total. The number of alkyl halides is 3. The third kappa shape index (κ3) is 3.89. The Balaban J connectivity index is 1.15. The Morgan fingerprint density at radius 1 is 1.05 bits per heavy atom. The molecule has 8 rings (SSSR count). The van der Waals surface area contributed by atoms with Crippen LogP contribution in [0.5, 0.6) is 0 Å². The fraction of sp³-hybridized carbons (Fsp3) is 0.577. The van der Waals surface area contributed by atoms with Gasteiger partial charge in [0.2, 0.25) is 0 Å². The van der Waals surface area contributed by atoms with E-state index < -0.39 is 17.8 Å². The standard InChI is InChI=1S/C26H27ClF3N5OS/c27-21-22(32-35-20(26(28,29)30)11-18(31-23(21)35)19-2-1-7-37-19)24(36)33-3-5-34(6-4-33)25-12-15-8-16(13-25)10-17(9-15)14-25/h1-2,7,11,15-17H,3-6,8-10,12-14H2. The van der Waals surface area contributed by atoms with Crippen molar-refractivity contribution in [2.75, 3.05) is 26.2 Å². The van der Waals surface area contributed by atoms with Gasteiger partial charge in [0.05, 0.1) is 10.6 Å². The average Bonchev–Trinajstić information content (AvgIpc) is 3.50. The number of halogens is 4. The van der Waals surface area contributed by atoms with Crippen molar-refractivity contribution in [1.29, 1.82) is 0 Å². The lowest BCUT2D eigenvalue weighted by Gasteiger charge is -2.61. The van der Waals surface area contributed by atoms with Crippen LogP contribution in [0.1, 0.15) is 54.7 Å². The van der Waals surface area contributed by atoms with Gasteiger partial charge >= 0.3 is 6.18 Å². The molecule has 0 N–H and O–H groups in total. The summed E-state index contributed by atoms with van der Waals surface area (Å²) in [6.07, 6.45) is 3.26. The Bertz CT molecular complexity index is 1330. The van der Waals surface area contributed by atoms with Crippen LogP contribution in [0.2, 0.25) is 5.02 Å². The molecule has 0 spiro atoms. The number of hydrogen-bond acceptors (Lipinski definition) is 5. The zero-order chi connectivity index (χ0) is 25.5. The molecule has 1 aliphatic heterocycles. The van der Waals surface area contributed by atoms with Crippen LogP contribution in [0, 0.1) is 17.8 Å². The number of carbonyl (C=O) groups excluding carboxylic acids is 1. The number of rotatable bonds is 3. The SMILES string of the molecule is O=C(c1nn2c(C(F)(F)F)cc(-c3cccs3)nc2c1Cl)N1CCN(C23CC4CC(CC(C4)C2)C3)CC1. The second-order valence-corrected chi connectivity index (χ2v) is 12.6. The van der Waals surface area contributed by atoms with Crippen LogP contribution in [0.3, 0.4) is 0 Å². The highest BCUT2D eigenvalue weighted by atomic mass is 35.5. The predicted octanol–water partition coefficient (Wildman–Crippen LogP) is 5.86. The van der Waals surface area contributed by atoms with E-state index in [0.29, 0.717) is 22.5 Å². The third-order valence-electron chi connectivity index (χ3n) is 9.04. The van der Waals surface area contributed by atoms with Crippen LogP contribution >= 0.6 is 22.9 Å². The van der Waals surface area contributed by atoms with Crippen LogP contribution in [-0.4, -0.2) is 62.0 Å². The molecule has 0 radical (unpaired) electrons. The number of amides is 1. The smallest absolute Gasteiger partial charge is 0.335 e. The molecule has 4 bridgehead atoms. The minimum Gasteiger partial charge on any atom is -0.335 e. The molecule has 3 aromatic rings. The normalized spacial score (nSPS) is 29.9. The van der Waals surface area contributed by atoms with Crippen molar-refractivity contribution in [2.45, 2.75) is 50.2 Å². The summed E-state index contributed by atoms with van der Waals surface area (Å²) in [6.45, 7) is 2.59. The van der Waals surface area contributed by atoms with E-state index in [9.17, 15) is 18.0 Å². The average molecular weight is 550 g/mol. The molecule has 0 atom stereocenters. The second kappa shape index (κ2) is 8.41. The summed E-state index contributed by atoms with van der Waals surface area (Å²) in [5, 5.41) is 5.68. The third-order valence-corrected chi connectivity index (χ3v) is 10.3. The molecule has 5 aliphatic rings. The summed E-state index contributed by atoms with van der Waals surface area (Å²) < 4.78 is 42.5. The molecule has 4 heterocycles. The predicted molar refractivity (Wildman–Crippen MR) is 135 cm³/mol. The van der Waals surface area contributed by atoms with Gasteiger partial charge in [-0.25, -0.2) is 9.50 Å². The van der Waals surface area contributed by atoms with Gasteiger partial charge in [-0.3, -0.25) is 9.69 Å². The van der Waals surface area contributed by atoms with E-state index in [4.69, 9.17) is 11.6 Å². The molecule has 3 aromatic heterocycles. The van der Waals surface area contributed by atoms with Gasteiger partial charge in [-0.15, -0.1) is 11.3 Å². The molecule has 4 saturated carbocycles. The van der Waals surface area contributed by atoms with Crippen LogP contribution in [-0.2, 0) is 6.18 Å². The summed E-state index contributed by atoms with van der Waals surface area (Å²) in [5.74, 6) is 2.10. The molecule has 4 aliphatic carbocycles. The first-order chi connectivity index (χ1) is 17.7. The molecule has 196 valence electrons. The summed E-state index contributed by atoms with van der Waals surface area (Å²) in [5.41, 5.74) is -0.913. The van der Waals surface area contributed by atoms with Gasteiger partial charge in [-0.1, -0.05) is 17.7 Å². The molecule has 0 unspecified atom stereocenters. The summed E-state index contributed by atoms with van der Waals surface area (Å²) in [7, 11) is 0. The minimum atomic E-state index is -4.69. The molecule has 11 heteroatoms. The van der Waals surface area contributed by atoms with Gasteiger partial charge in [-0.05, 0) is 73.8 Å². The fourth-order valence-electron chi connectivity index (χ4n) is 7.87. The first-order valence-corrected chi connectivity index (χ1v) is 14.2. The number of aromatic nitrogens is 3. The van der Waals surface area contributed by atoms with E-state index in [1.165, 1.54) is 49.9 Å². The lowest BCUT2D eigenvalue weighted by Crippen LogP contribution is -2.64. The van der Waals surface area contributed by atoms with E-state index in [1.54, 1.807) is 22.4 Å². The first-order valence-electron chi connectivity index (χ1n) is 12.9. The van der Waals surface area contributed by atoms with Crippen LogP contribution in [0.15, 0.2) is 23.6 Å². The maximum atomic E-state index is 14.0. The van der Waals surface area contributed by atoms with Crippen LogP contribution < -0.4 is 0 Å². The highest BCUT2D eigenvalue weighted by Gasteiger charge is 2.53. The largest absolute Gasteiger partial charge is 0.433 e. The maximum Gasteiger partial charge on any atom is 0.433 e. The molecular weight excluding hydrogens is 523 g/mol. The van der Waals surface area contributed by atoms with Crippen LogP contribution in [0.4, 0.5) is 13.2 Å². The van der Waals surface area contributed by atoms with E-state index in [-0.39, 0.29) is 27.6 Å². The Hall–Kier alpha value is -2.17. The van der Waals surface area contributed by atoms with Crippen molar-refractivity contribution in [2.24, 2.45) is 17.8 Å². The Morgan fingerprint density at radius 2 is 1.70 bits per heavy atom. The summed E-state index contributed by atoms with van der Waals surface area (Å²) in [4.78, 5) is 22.7. The summed E-state index contributed by atoms with van der Waals surface area (Å²) in [6, 6.07) is 4.40. The molecule has 37 heavy (non-hydrogen) atoms. The fourth-order valence-corrected chi connectivity index (χ4v) is 8.79. The van der Waals surface area contributed by atoms with Crippen LogP contribution in [0.25, 0.3) is 16.2 Å². The molecular formula is C26H27ClF3N5OS. The Morgan fingerprint density at radius 3 is 2.27 bits per heavy atom. The van der Waals surface area contributed by atoms with Crippen molar-refractivity contribution in [1.82, 2.24) is 24.4 Å². The van der Waals surface area contributed by atoms with E-state index in [2.05, 4.69) is 15.0 Å². The van der Waals surface area contributed by atoms with Gasteiger partial charge in [0.15, 0.2) is 17.0 Å². The number of hydrogen-bond donors (Lipinski definition) is 0. The van der Waals surface area contributed by atoms with Gasteiger partial charge in [0.25, 0.3) is 5.91 Å². The van der Waals surface area contributed by atoms with Crippen molar-refractivity contribution in [3.8, 4) is 10.6 Å². The second-order valence-electron chi connectivity index (χ2n) is 11.3. The first kappa shape index (κ1) is 23.9. The monoisotopic (exact) mass is 549 g/mol. The lowest BCUT2D eigenvalue weighted by molar-refractivity contribution is -0.142. The topological polar surface area (TPSA) is 53.7 Å². The van der Waals surface area contributed by atoms with Crippen molar-refractivity contribution >= 4 is 34.5 Å².